The number of ether oxygens (including phenoxy) is 2. The lowest BCUT2D eigenvalue weighted by Gasteiger charge is -2.08. The molecule has 0 spiro atoms. The molecule has 88 valence electrons. The lowest BCUT2D eigenvalue weighted by atomic mass is 10.2. The van der Waals surface area contributed by atoms with Crippen molar-refractivity contribution in [2.24, 2.45) is 0 Å². The van der Waals surface area contributed by atoms with Gasteiger partial charge in [-0.3, -0.25) is 9.78 Å². The van der Waals surface area contributed by atoms with Gasteiger partial charge in [0.05, 0.1) is 24.1 Å². The molecule has 0 aromatic carbocycles. The van der Waals surface area contributed by atoms with Crippen LogP contribution in [0, 0.1) is 5.82 Å². The van der Waals surface area contributed by atoms with E-state index in [0.29, 0.717) is 5.69 Å². The SMILES string of the molecule is COCNC(=O)c1cc(F)cnc1COC. The van der Waals surface area contributed by atoms with Crippen molar-refractivity contribution < 1.29 is 18.7 Å². The molecule has 1 aromatic heterocycles. The average molecular weight is 228 g/mol. The molecule has 0 fully saturated rings. The molecule has 0 unspecified atom stereocenters. The van der Waals surface area contributed by atoms with E-state index in [2.05, 4.69) is 15.0 Å². The lowest BCUT2D eigenvalue weighted by Crippen LogP contribution is -2.27. The van der Waals surface area contributed by atoms with Crippen molar-refractivity contribution >= 4 is 5.91 Å². The molecule has 1 amide bonds. The number of nitrogens with zero attached hydrogens (tertiary/aromatic N) is 1. The molecule has 1 heterocycles. The van der Waals surface area contributed by atoms with Crippen molar-refractivity contribution in [2.45, 2.75) is 6.61 Å². The molecule has 0 radical (unpaired) electrons. The number of amides is 1. The second-order valence-corrected chi connectivity index (χ2v) is 3.02. The summed E-state index contributed by atoms with van der Waals surface area (Å²) in [6, 6.07) is 1.12. The van der Waals surface area contributed by atoms with Gasteiger partial charge in [0.1, 0.15) is 12.5 Å². The van der Waals surface area contributed by atoms with E-state index in [1.165, 1.54) is 14.2 Å². The minimum atomic E-state index is -0.567. The number of aromatic nitrogens is 1. The van der Waals surface area contributed by atoms with Crippen molar-refractivity contribution in [2.75, 3.05) is 21.0 Å². The Bertz CT molecular complexity index is 371. The summed E-state index contributed by atoms with van der Waals surface area (Å²) in [6.45, 7) is 0.206. The smallest absolute Gasteiger partial charge is 0.255 e. The number of hydrogen-bond acceptors (Lipinski definition) is 4. The number of carbonyl (C=O) groups excluding carboxylic acids is 1. The first-order valence-electron chi connectivity index (χ1n) is 4.59. The Kier molecular flexibility index (Phi) is 4.81. The van der Waals surface area contributed by atoms with E-state index in [9.17, 15) is 9.18 Å². The van der Waals surface area contributed by atoms with Crippen molar-refractivity contribution in [1.82, 2.24) is 10.3 Å². The van der Waals surface area contributed by atoms with Crippen molar-refractivity contribution in [1.29, 1.82) is 0 Å². The summed E-state index contributed by atoms with van der Waals surface area (Å²) in [5.74, 6) is -1.01. The van der Waals surface area contributed by atoms with Crippen LogP contribution in [0.5, 0.6) is 0 Å². The zero-order valence-electron chi connectivity index (χ0n) is 9.12. The zero-order chi connectivity index (χ0) is 12.0. The van der Waals surface area contributed by atoms with Gasteiger partial charge >= 0.3 is 0 Å². The summed E-state index contributed by atoms with van der Waals surface area (Å²) < 4.78 is 22.5. The van der Waals surface area contributed by atoms with Crippen LogP contribution in [0.2, 0.25) is 0 Å². The first kappa shape index (κ1) is 12.5. The first-order valence-corrected chi connectivity index (χ1v) is 4.59. The molecule has 0 atom stereocenters. The molecule has 1 N–H and O–H groups in total. The molecule has 0 saturated heterocycles. The second kappa shape index (κ2) is 6.14. The van der Waals surface area contributed by atoms with Crippen LogP contribution in [0.15, 0.2) is 12.3 Å². The van der Waals surface area contributed by atoms with Crippen molar-refractivity contribution in [3.05, 3.63) is 29.3 Å². The summed E-state index contributed by atoms with van der Waals surface area (Å²) >= 11 is 0. The van der Waals surface area contributed by atoms with Crippen LogP contribution in [0.4, 0.5) is 4.39 Å². The number of halogens is 1. The van der Waals surface area contributed by atoms with E-state index in [1.54, 1.807) is 0 Å². The third-order valence-electron chi connectivity index (χ3n) is 1.84. The van der Waals surface area contributed by atoms with Crippen LogP contribution in [0.3, 0.4) is 0 Å². The van der Waals surface area contributed by atoms with Crippen molar-refractivity contribution in [3.8, 4) is 0 Å². The van der Waals surface area contributed by atoms with Crippen LogP contribution in [-0.4, -0.2) is 31.8 Å². The summed E-state index contributed by atoms with van der Waals surface area (Å²) in [5, 5.41) is 2.45. The van der Waals surface area contributed by atoms with E-state index in [0.717, 1.165) is 12.3 Å². The van der Waals surface area contributed by atoms with Gasteiger partial charge < -0.3 is 14.8 Å². The number of hydrogen-bond donors (Lipinski definition) is 1. The van der Waals surface area contributed by atoms with Gasteiger partial charge in [-0.1, -0.05) is 0 Å². The Morgan fingerprint density at radius 3 is 2.88 bits per heavy atom. The van der Waals surface area contributed by atoms with E-state index < -0.39 is 11.7 Å². The fraction of sp³-hybridized carbons (Fsp3) is 0.400. The Balaban J connectivity index is 2.90. The van der Waals surface area contributed by atoms with Crippen LogP contribution in [-0.2, 0) is 16.1 Å². The van der Waals surface area contributed by atoms with E-state index in [-0.39, 0.29) is 18.9 Å². The van der Waals surface area contributed by atoms with Crippen LogP contribution in [0.1, 0.15) is 16.1 Å². The van der Waals surface area contributed by atoms with E-state index >= 15 is 0 Å². The van der Waals surface area contributed by atoms with Gasteiger partial charge in [-0.05, 0) is 6.07 Å². The quantitative estimate of drug-likeness (QED) is 0.754. The van der Waals surface area contributed by atoms with Gasteiger partial charge in [0.2, 0.25) is 0 Å². The Hall–Kier alpha value is -1.53. The Labute approximate surface area is 92.6 Å². The van der Waals surface area contributed by atoms with E-state index in [4.69, 9.17) is 4.74 Å². The van der Waals surface area contributed by atoms with Gasteiger partial charge in [0, 0.05) is 14.2 Å². The number of pyridine rings is 1. The number of nitrogens with one attached hydrogen (secondary N) is 1. The maximum absolute atomic E-state index is 13.0. The topological polar surface area (TPSA) is 60.5 Å². The molecule has 1 aromatic rings. The summed E-state index contributed by atoms with van der Waals surface area (Å²) in [7, 11) is 2.92. The molecule has 0 aliphatic carbocycles. The highest BCUT2D eigenvalue weighted by Gasteiger charge is 2.13. The minimum Gasteiger partial charge on any atom is -0.378 e. The monoisotopic (exact) mass is 228 g/mol. The second-order valence-electron chi connectivity index (χ2n) is 3.02. The molecular formula is C10H13FN2O3. The molecule has 0 saturated carbocycles. The Morgan fingerprint density at radius 2 is 2.25 bits per heavy atom. The number of rotatable bonds is 5. The van der Waals surface area contributed by atoms with Crippen LogP contribution in [0.25, 0.3) is 0 Å². The van der Waals surface area contributed by atoms with Crippen LogP contribution < -0.4 is 5.32 Å². The normalized spacial score (nSPS) is 10.2. The third kappa shape index (κ3) is 3.25. The van der Waals surface area contributed by atoms with Gasteiger partial charge in [-0.25, -0.2) is 4.39 Å². The van der Waals surface area contributed by atoms with Gasteiger partial charge in [0.25, 0.3) is 5.91 Å². The van der Waals surface area contributed by atoms with Gasteiger partial charge in [-0.15, -0.1) is 0 Å². The molecule has 0 bridgehead atoms. The molecule has 1 rings (SSSR count). The molecule has 0 aliphatic heterocycles. The fourth-order valence-corrected chi connectivity index (χ4v) is 1.15. The zero-order valence-corrected chi connectivity index (χ0v) is 9.12. The summed E-state index contributed by atoms with van der Waals surface area (Å²) in [6.07, 6.45) is 1.04. The first-order chi connectivity index (χ1) is 7.69. The summed E-state index contributed by atoms with van der Waals surface area (Å²) in [5.41, 5.74) is 0.538. The average Bonchev–Trinajstić information content (AvgIpc) is 2.28. The molecular weight excluding hydrogens is 215 g/mol. The van der Waals surface area contributed by atoms with Gasteiger partial charge in [-0.2, -0.15) is 0 Å². The predicted octanol–water partition coefficient (Wildman–Crippen LogP) is 0.701. The molecule has 5 nitrogen and oxygen atoms in total. The Morgan fingerprint density at radius 1 is 1.50 bits per heavy atom. The fourth-order valence-electron chi connectivity index (χ4n) is 1.15. The van der Waals surface area contributed by atoms with Gasteiger partial charge in [0.15, 0.2) is 0 Å². The highest BCUT2D eigenvalue weighted by Crippen LogP contribution is 2.09. The highest BCUT2D eigenvalue weighted by atomic mass is 19.1. The third-order valence-corrected chi connectivity index (χ3v) is 1.84. The largest absolute Gasteiger partial charge is 0.378 e. The lowest BCUT2D eigenvalue weighted by molar-refractivity contribution is 0.0866. The number of methoxy groups -OCH3 is 2. The standard InChI is InChI=1S/C10H13FN2O3/c1-15-5-9-8(3-7(11)4-12-9)10(14)13-6-16-2/h3-4H,5-6H2,1-2H3,(H,13,14). The molecule has 16 heavy (non-hydrogen) atoms. The highest BCUT2D eigenvalue weighted by molar-refractivity contribution is 5.95. The number of carbonyl (C=O) groups is 1. The maximum Gasteiger partial charge on any atom is 0.255 e. The molecule has 6 heteroatoms. The molecule has 0 aliphatic rings. The maximum atomic E-state index is 13.0. The predicted molar refractivity (Wildman–Crippen MR) is 54.3 cm³/mol. The van der Waals surface area contributed by atoms with E-state index in [1.807, 2.05) is 0 Å². The van der Waals surface area contributed by atoms with Crippen LogP contribution >= 0.6 is 0 Å². The minimum absolute atomic E-state index is 0.0573. The summed E-state index contributed by atoms with van der Waals surface area (Å²) in [4.78, 5) is 15.4. The van der Waals surface area contributed by atoms with Crippen molar-refractivity contribution in [3.63, 3.8) is 0 Å².